The van der Waals surface area contributed by atoms with Crippen LogP contribution in [0.25, 0.3) is 16.4 Å². The average Bonchev–Trinajstić information content (AvgIpc) is 2.59. The third kappa shape index (κ3) is 0.940. The van der Waals surface area contributed by atoms with E-state index >= 15 is 0 Å². The first-order chi connectivity index (χ1) is 6.84. The number of hydrogen-bond acceptors (Lipinski definition) is 1. The first kappa shape index (κ1) is 7.56. The minimum atomic E-state index is 1.06. The van der Waals surface area contributed by atoms with Gasteiger partial charge < -0.3 is 0 Å². The molecule has 0 aliphatic heterocycles. The van der Waals surface area contributed by atoms with Gasteiger partial charge in [-0.05, 0) is 25.1 Å². The van der Waals surface area contributed by atoms with Crippen molar-refractivity contribution in [2.75, 3.05) is 0 Å². The van der Waals surface area contributed by atoms with Crippen LogP contribution in [0, 0.1) is 6.92 Å². The van der Waals surface area contributed by atoms with Gasteiger partial charge in [-0.2, -0.15) is 5.10 Å². The topological polar surface area (TPSA) is 17.3 Å². The Morgan fingerprint density at radius 1 is 1.07 bits per heavy atom. The summed E-state index contributed by atoms with van der Waals surface area (Å²) in [5.74, 6) is 0. The summed E-state index contributed by atoms with van der Waals surface area (Å²) in [5, 5.41) is 5.68. The highest BCUT2D eigenvalue weighted by Gasteiger charge is 2.00. The number of benzene rings is 1. The maximum Gasteiger partial charge on any atom is 0.0725 e. The molecule has 0 radical (unpaired) electrons. The summed E-state index contributed by atoms with van der Waals surface area (Å²) in [6.07, 6.45) is 0. The molecule has 1 aromatic carbocycles. The van der Waals surface area contributed by atoms with Crippen molar-refractivity contribution in [1.29, 1.82) is 0 Å². The fourth-order valence-corrected chi connectivity index (χ4v) is 1.83. The summed E-state index contributed by atoms with van der Waals surface area (Å²) >= 11 is 0. The van der Waals surface area contributed by atoms with E-state index in [0.29, 0.717) is 0 Å². The molecule has 0 N–H and O–H groups in total. The molecule has 0 aliphatic rings. The normalized spacial score (nSPS) is 11.2. The summed E-state index contributed by atoms with van der Waals surface area (Å²) in [5.41, 5.74) is 3.38. The highest BCUT2D eigenvalue weighted by atomic mass is 15.2. The van der Waals surface area contributed by atoms with Crippen LogP contribution in [-0.4, -0.2) is 9.61 Å². The lowest BCUT2D eigenvalue weighted by Crippen LogP contribution is -1.89. The van der Waals surface area contributed by atoms with Crippen molar-refractivity contribution < 1.29 is 0 Å². The van der Waals surface area contributed by atoms with E-state index in [2.05, 4.69) is 35.4 Å². The van der Waals surface area contributed by atoms with Gasteiger partial charge in [0, 0.05) is 5.39 Å². The molecule has 2 aromatic heterocycles. The van der Waals surface area contributed by atoms with Crippen molar-refractivity contribution in [2.24, 2.45) is 0 Å². The molecular weight excluding hydrogens is 172 g/mol. The van der Waals surface area contributed by atoms with Crippen molar-refractivity contribution in [3.05, 3.63) is 48.2 Å². The van der Waals surface area contributed by atoms with Gasteiger partial charge in [0.25, 0.3) is 0 Å². The smallest absolute Gasteiger partial charge is 0.0725 e. The molecule has 3 aromatic rings. The van der Waals surface area contributed by atoms with Crippen LogP contribution in [-0.2, 0) is 0 Å². The largest absolute Gasteiger partial charge is 0.233 e. The zero-order valence-electron chi connectivity index (χ0n) is 7.94. The molecule has 0 amide bonds. The van der Waals surface area contributed by atoms with Gasteiger partial charge in [-0.1, -0.05) is 24.3 Å². The number of pyridine rings is 1. The van der Waals surface area contributed by atoms with Crippen LogP contribution in [0.5, 0.6) is 0 Å². The van der Waals surface area contributed by atoms with Crippen LogP contribution in [0.3, 0.4) is 0 Å². The molecule has 0 atom stereocenters. The summed E-state index contributed by atoms with van der Waals surface area (Å²) in [6.45, 7) is 2.02. The van der Waals surface area contributed by atoms with Crippen molar-refractivity contribution in [3.8, 4) is 0 Å². The van der Waals surface area contributed by atoms with Gasteiger partial charge in [-0.3, -0.25) is 0 Å². The molecule has 0 bridgehead atoms. The maximum absolute atomic E-state index is 4.46. The Morgan fingerprint density at radius 2 is 1.93 bits per heavy atom. The number of para-hydroxylation sites is 1. The van der Waals surface area contributed by atoms with Crippen molar-refractivity contribution in [1.82, 2.24) is 9.61 Å². The Hall–Kier alpha value is -1.83. The van der Waals surface area contributed by atoms with E-state index in [0.717, 1.165) is 16.7 Å². The first-order valence-corrected chi connectivity index (χ1v) is 4.69. The van der Waals surface area contributed by atoms with Crippen molar-refractivity contribution in [2.45, 2.75) is 6.92 Å². The molecule has 2 heterocycles. The van der Waals surface area contributed by atoms with E-state index in [4.69, 9.17) is 0 Å². The standard InChI is InChI=1S/C12H10N2/c1-9-8-11-7-6-10-4-2-3-5-12(10)14(11)13-9/h2-8H,1H3. The van der Waals surface area contributed by atoms with Gasteiger partial charge >= 0.3 is 0 Å². The second kappa shape index (κ2) is 2.58. The lowest BCUT2D eigenvalue weighted by Gasteiger charge is -1.99. The van der Waals surface area contributed by atoms with E-state index in [1.807, 2.05) is 23.6 Å². The molecule has 2 nitrogen and oxygen atoms in total. The minimum Gasteiger partial charge on any atom is -0.233 e. The fraction of sp³-hybridized carbons (Fsp3) is 0.0833. The van der Waals surface area contributed by atoms with Gasteiger partial charge in [0.2, 0.25) is 0 Å². The Kier molecular flexibility index (Phi) is 1.39. The lowest BCUT2D eigenvalue weighted by atomic mass is 10.2. The molecule has 0 spiro atoms. The van der Waals surface area contributed by atoms with Crippen LogP contribution in [0.1, 0.15) is 5.69 Å². The quantitative estimate of drug-likeness (QED) is 0.522. The van der Waals surface area contributed by atoms with E-state index in [1.165, 1.54) is 5.39 Å². The predicted molar refractivity (Wildman–Crippen MR) is 57.4 cm³/mol. The molecule has 68 valence electrons. The van der Waals surface area contributed by atoms with Gasteiger partial charge in [0.15, 0.2) is 0 Å². The Labute approximate surface area is 81.8 Å². The van der Waals surface area contributed by atoms with Gasteiger partial charge in [0.05, 0.1) is 16.7 Å². The molecule has 0 saturated heterocycles. The number of fused-ring (bicyclic) bond motifs is 3. The molecule has 2 heteroatoms. The minimum absolute atomic E-state index is 1.06. The molecule has 0 fully saturated rings. The fourth-order valence-electron chi connectivity index (χ4n) is 1.83. The van der Waals surface area contributed by atoms with Gasteiger partial charge in [-0.25, -0.2) is 4.52 Å². The second-order valence-electron chi connectivity index (χ2n) is 3.51. The van der Waals surface area contributed by atoms with Gasteiger partial charge in [-0.15, -0.1) is 0 Å². The first-order valence-electron chi connectivity index (χ1n) is 4.69. The van der Waals surface area contributed by atoms with E-state index in [-0.39, 0.29) is 0 Å². The molecule has 0 aliphatic carbocycles. The van der Waals surface area contributed by atoms with E-state index in [9.17, 15) is 0 Å². The SMILES string of the molecule is Cc1cc2ccc3ccccc3n2n1. The molecule has 0 unspecified atom stereocenters. The highest BCUT2D eigenvalue weighted by molar-refractivity contribution is 5.82. The van der Waals surface area contributed by atoms with E-state index < -0.39 is 0 Å². The summed E-state index contributed by atoms with van der Waals surface area (Å²) in [6, 6.07) is 14.6. The molecule has 0 saturated carbocycles. The Balaban J connectivity index is 2.60. The number of rotatable bonds is 0. The van der Waals surface area contributed by atoms with Crippen LogP contribution >= 0.6 is 0 Å². The summed E-state index contributed by atoms with van der Waals surface area (Å²) in [4.78, 5) is 0. The lowest BCUT2D eigenvalue weighted by molar-refractivity contribution is 0.971. The highest BCUT2D eigenvalue weighted by Crippen LogP contribution is 2.16. The van der Waals surface area contributed by atoms with Crippen LogP contribution in [0.15, 0.2) is 42.5 Å². The Bertz CT molecular complexity index is 608. The van der Waals surface area contributed by atoms with Crippen LogP contribution in [0.2, 0.25) is 0 Å². The van der Waals surface area contributed by atoms with Crippen LogP contribution in [0.4, 0.5) is 0 Å². The Morgan fingerprint density at radius 3 is 2.86 bits per heavy atom. The number of aromatic nitrogens is 2. The van der Waals surface area contributed by atoms with Crippen molar-refractivity contribution in [3.63, 3.8) is 0 Å². The monoisotopic (exact) mass is 182 g/mol. The molecule has 3 rings (SSSR count). The number of hydrogen-bond donors (Lipinski definition) is 0. The van der Waals surface area contributed by atoms with E-state index in [1.54, 1.807) is 0 Å². The third-order valence-corrected chi connectivity index (χ3v) is 2.46. The molecule has 14 heavy (non-hydrogen) atoms. The predicted octanol–water partition coefficient (Wildman–Crippen LogP) is 2.80. The van der Waals surface area contributed by atoms with Gasteiger partial charge in [0.1, 0.15) is 0 Å². The second-order valence-corrected chi connectivity index (χ2v) is 3.51. The number of nitrogens with zero attached hydrogens (tertiary/aromatic N) is 2. The maximum atomic E-state index is 4.46. The summed E-state index contributed by atoms with van der Waals surface area (Å²) < 4.78 is 1.99. The van der Waals surface area contributed by atoms with Crippen molar-refractivity contribution >= 4 is 16.4 Å². The average molecular weight is 182 g/mol. The molecular formula is C12H10N2. The third-order valence-electron chi connectivity index (χ3n) is 2.46. The summed E-state index contributed by atoms with van der Waals surface area (Å²) in [7, 11) is 0. The van der Waals surface area contributed by atoms with Crippen LogP contribution < -0.4 is 0 Å². The zero-order valence-corrected chi connectivity index (χ0v) is 7.94. The number of aryl methyl sites for hydroxylation is 1. The zero-order chi connectivity index (χ0) is 9.54.